The molecule has 1 aromatic heterocycles. The first-order chi connectivity index (χ1) is 10.8. The van der Waals surface area contributed by atoms with E-state index in [9.17, 15) is 9.18 Å². The van der Waals surface area contributed by atoms with Crippen LogP contribution in [0.15, 0.2) is 24.3 Å². The molecule has 1 atom stereocenters. The molecular weight excluding hydrogens is 313 g/mol. The number of hydrogen-bond acceptors (Lipinski definition) is 4. The van der Waals surface area contributed by atoms with Crippen molar-refractivity contribution >= 4 is 17.2 Å². The van der Waals surface area contributed by atoms with Crippen LogP contribution in [-0.4, -0.2) is 29.4 Å². The smallest absolute Gasteiger partial charge is 0.234 e. The highest BCUT2D eigenvalue weighted by Gasteiger charge is 2.16. The molecule has 2 aromatic rings. The van der Waals surface area contributed by atoms with E-state index in [1.807, 2.05) is 32.7 Å². The average molecular weight is 335 g/mol. The molecule has 0 bridgehead atoms. The van der Waals surface area contributed by atoms with E-state index in [1.165, 1.54) is 12.1 Å². The van der Waals surface area contributed by atoms with Crippen LogP contribution < -0.4 is 5.32 Å². The topological polar surface area (TPSA) is 45.2 Å². The minimum absolute atomic E-state index is 0.0489. The summed E-state index contributed by atoms with van der Waals surface area (Å²) in [7, 11) is 1.87. The van der Waals surface area contributed by atoms with Gasteiger partial charge < -0.3 is 5.32 Å². The third kappa shape index (κ3) is 5.11. The van der Waals surface area contributed by atoms with Crippen LogP contribution in [0.1, 0.15) is 34.1 Å². The number of hydrogen-bond donors (Lipinski definition) is 1. The Balaban J connectivity index is 1.86. The zero-order chi connectivity index (χ0) is 17.0. The summed E-state index contributed by atoms with van der Waals surface area (Å²) in [5.41, 5.74) is 1.91. The molecular formula is C17H22FN3OS. The lowest BCUT2D eigenvalue weighted by Crippen LogP contribution is -2.36. The van der Waals surface area contributed by atoms with E-state index in [0.717, 1.165) is 21.1 Å². The van der Waals surface area contributed by atoms with E-state index in [0.29, 0.717) is 6.54 Å². The SMILES string of the molecule is Cc1nc([C@@H](C)NC(=O)CN(C)Cc2ccc(F)cc2)c(C)s1. The minimum atomic E-state index is -0.253. The molecule has 0 saturated carbocycles. The number of nitrogens with one attached hydrogen (secondary N) is 1. The van der Waals surface area contributed by atoms with Crippen LogP contribution in [0, 0.1) is 19.7 Å². The molecule has 1 heterocycles. The van der Waals surface area contributed by atoms with E-state index < -0.39 is 0 Å². The van der Waals surface area contributed by atoms with Crippen molar-refractivity contribution in [2.45, 2.75) is 33.4 Å². The molecule has 0 aliphatic carbocycles. The second kappa shape index (κ2) is 7.66. The van der Waals surface area contributed by atoms with Gasteiger partial charge in [0.1, 0.15) is 5.82 Å². The van der Waals surface area contributed by atoms with E-state index in [1.54, 1.807) is 23.5 Å². The summed E-state index contributed by atoms with van der Waals surface area (Å²) in [5, 5.41) is 3.99. The van der Waals surface area contributed by atoms with Crippen molar-refractivity contribution < 1.29 is 9.18 Å². The Morgan fingerprint density at radius 3 is 2.57 bits per heavy atom. The molecule has 0 aliphatic heterocycles. The van der Waals surface area contributed by atoms with Crippen molar-refractivity contribution in [1.29, 1.82) is 0 Å². The normalized spacial score (nSPS) is 12.4. The van der Waals surface area contributed by atoms with Gasteiger partial charge >= 0.3 is 0 Å². The maximum Gasteiger partial charge on any atom is 0.234 e. The van der Waals surface area contributed by atoms with Crippen molar-refractivity contribution in [3.8, 4) is 0 Å². The lowest BCUT2D eigenvalue weighted by atomic mass is 10.2. The predicted octanol–water partition coefficient (Wildman–Crippen LogP) is 3.21. The van der Waals surface area contributed by atoms with Crippen LogP contribution in [0.3, 0.4) is 0 Å². The van der Waals surface area contributed by atoms with Crippen molar-refractivity contribution in [2.75, 3.05) is 13.6 Å². The zero-order valence-electron chi connectivity index (χ0n) is 13.9. The molecule has 0 unspecified atom stereocenters. The highest BCUT2D eigenvalue weighted by molar-refractivity contribution is 7.11. The van der Waals surface area contributed by atoms with Gasteiger partial charge in [-0.2, -0.15) is 0 Å². The largest absolute Gasteiger partial charge is 0.347 e. The summed E-state index contributed by atoms with van der Waals surface area (Å²) in [6.07, 6.45) is 0. The van der Waals surface area contributed by atoms with Gasteiger partial charge in [0.05, 0.1) is 23.3 Å². The fourth-order valence-corrected chi connectivity index (χ4v) is 3.42. The number of halogens is 1. The monoisotopic (exact) mass is 335 g/mol. The first-order valence-corrected chi connectivity index (χ1v) is 8.33. The number of thiazole rings is 1. The lowest BCUT2D eigenvalue weighted by molar-refractivity contribution is -0.122. The maximum absolute atomic E-state index is 12.9. The second-order valence-corrected chi connectivity index (χ2v) is 7.17. The van der Waals surface area contributed by atoms with Gasteiger partial charge in [-0.05, 0) is 45.5 Å². The van der Waals surface area contributed by atoms with Gasteiger partial charge in [-0.1, -0.05) is 12.1 Å². The first-order valence-electron chi connectivity index (χ1n) is 7.51. The van der Waals surface area contributed by atoms with Crippen molar-refractivity contribution in [3.63, 3.8) is 0 Å². The minimum Gasteiger partial charge on any atom is -0.347 e. The number of aryl methyl sites for hydroxylation is 2. The van der Waals surface area contributed by atoms with Crippen LogP contribution in [0.25, 0.3) is 0 Å². The van der Waals surface area contributed by atoms with Crippen molar-refractivity contribution in [3.05, 3.63) is 51.2 Å². The molecule has 0 fully saturated rings. The second-order valence-electron chi connectivity index (χ2n) is 5.76. The van der Waals surface area contributed by atoms with Crippen LogP contribution in [-0.2, 0) is 11.3 Å². The molecule has 6 heteroatoms. The molecule has 1 aromatic carbocycles. The molecule has 1 amide bonds. The molecule has 4 nitrogen and oxygen atoms in total. The number of carbonyl (C=O) groups excluding carboxylic acids is 1. The number of benzene rings is 1. The molecule has 0 saturated heterocycles. The summed E-state index contributed by atoms with van der Waals surface area (Å²) in [6.45, 7) is 6.80. The highest BCUT2D eigenvalue weighted by Crippen LogP contribution is 2.22. The summed E-state index contributed by atoms with van der Waals surface area (Å²) < 4.78 is 12.9. The molecule has 0 radical (unpaired) electrons. The van der Waals surface area contributed by atoms with Crippen molar-refractivity contribution in [1.82, 2.24) is 15.2 Å². The fourth-order valence-electron chi connectivity index (χ4n) is 2.50. The van der Waals surface area contributed by atoms with Crippen LogP contribution >= 0.6 is 11.3 Å². The van der Waals surface area contributed by atoms with Gasteiger partial charge in [-0.3, -0.25) is 9.69 Å². The lowest BCUT2D eigenvalue weighted by Gasteiger charge is -2.18. The van der Waals surface area contributed by atoms with Crippen molar-refractivity contribution in [2.24, 2.45) is 0 Å². The predicted molar refractivity (Wildman–Crippen MR) is 90.9 cm³/mol. The Morgan fingerprint density at radius 1 is 1.35 bits per heavy atom. The van der Waals surface area contributed by atoms with Crippen LogP contribution in [0.2, 0.25) is 0 Å². The zero-order valence-corrected chi connectivity index (χ0v) is 14.7. The molecule has 124 valence electrons. The van der Waals surface area contributed by atoms with Crippen LogP contribution in [0.5, 0.6) is 0 Å². The first kappa shape index (κ1) is 17.6. The van der Waals surface area contributed by atoms with Gasteiger partial charge in [0.2, 0.25) is 5.91 Å². The number of amides is 1. The van der Waals surface area contributed by atoms with Gasteiger partial charge in [0, 0.05) is 11.4 Å². The van der Waals surface area contributed by atoms with Gasteiger partial charge in [-0.15, -0.1) is 11.3 Å². The quantitative estimate of drug-likeness (QED) is 0.882. The Hall–Kier alpha value is -1.79. The molecule has 23 heavy (non-hydrogen) atoms. The van der Waals surface area contributed by atoms with Gasteiger partial charge in [0.25, 0.3) is 0 Å². The van der Waals surface area contributed by atoms with E-state index >= 15 is 0 Å². The number of nitrogens with zero attached hydrogens (tertiary/aromatic N) is 2. The standard InChI is InChI=1S/C17H22FN3OS/c1-11(17-12(2)23-13(3)20-17)19-16(22)10-21(4)9-14-5-7-15(18)8-6-14/h5-8,11H,9-10H2,1-4H3,(H,19,22)/t11-/m1/s1. The molecule has 2 rings (SSSR count). The van der Waals surface area contributed by atoms with Gasteiger partial charge in [-0.25, -0.2) is 9.37 Å². The number of carbonyl (C=O) groups is 1. The third-order valence-corrected chi connectivity index (χ3v) is 4.41. The molecule has 0 aliphatic rings. The third-order valence-electron chi connectivity index (χ3n) is 3.51. The Morgan fingerprint density at radius 2 is 2.00 bits per heavy atom. The number of likely N-dealkylation sites (N-methyl/N-ethyl adjacent to an activating group) is 1. The van der Waals surface area contributed by atoms with E-state index in [4.69, 9.17) is 0 Å². The fraction of sp³-hybridized carbons (Fsp3) is 0.412. The maximum atomic E-state index is 12.9. The molecule has 1 N–H and O–H groups in total. The number of rotatable bonds is 6. The van der Waals surface area contributed by atoms with E-state index in [-0.39, 0.29) is 24.3 Å². The average Bonchev–Trinajstić information content (AvgIpc) is 2.80. The number of aromatic nitrogens is 1. The summed E-state index contributed by atoms with van der Waals surface area (Å²) in [4.78, 5) is 19.7. The highest BCUT2D eigenvalue weighted by atomic mass is 32.1. The Bertz CT molecular complexity index is 669. The molecule has 0 spiro atoms. The summed E-state index contributed by atoms with van der Waals surface area (Å²) >= 11 is 1.64. The summed E-state index contributed by atoms with van der Waals surface area (Å²) in [6, 6.07) is 6.21. The summed E-state index contributed by atoms with van der Waals surface area (Å²) in [5.74, 6) is -0.302. The van der Waals surface area contributed by atoms with Gasteiger partial charge in [0.15, 0.2) is 0 Å². The Labute approximate surface area is 140 Å². The van der Waals surface area contributed by atoms with E-state index in [2.05, 4.69) is 10.3 Å². The Kier molecular flexibility index (Phi) is 5.85. The van der Waals surface area contributed by atoms with Crippen LogP contribution in [0.4, 0.5) is 4.39 Å².